The first-order valence-corrected chi connectivity index (χ1v) is 17.9. The standard InChI is InChI=1S/C45H43BN4O/c1-28(2)49-38-19-13-21-40(51)41(38)44-48-43-36(18-12-20-39(43)50(44)46(49)42-29(3)14-11-15-30(42)4)33-24-34(26-35(25-33)45(5,6)7)37-27-32(22-23-47-37)31-16-9-8-10-17-31/h8-28,51H,1-7H3. The van der Waals surface area contributed by atoms with E-state index in [4.69, 9.17) is 9.97 Å². The number of pyridine rings is 1. The highest BCUT2D eigenvalue weighted by Crippen LogP contribution is 2.46. The summed E-state index contributed by atoms with van der Waals surface area (Å²) in [5.74, 6) is 1.01. The van der Waals surface area contributed by atoms with Crippen molar-refractivity contribution in [2.75, 3.05) is 4.81 Å². The highest BCUT2D eigenvalue weighted by Gasteiger charge is 2.42. The summed E-state index contributed by atoms with van der Waals surface area (Å²) in [6, 6.07) is 40.6. The zero-order chi connectivity index (χ0) is 35.6. The first kappa shape index (κ1) is 32.6. The zero-order valence-electron chi connectivity index (χ0n) is 30.4. The van der Waals surface area contributed by atoms with Crippen LogP contribution >= 0.6 is 0 Å². The number of hydrogen-bond donors (Lipinski definition) is 1. The molecule has 0 atom stereocenters. The number of anilines is 1. The van der Waals surface area contributed by atoms with Crippen LogP contribution in [0.25, 0.3) is 55.9 Å². The molecule has 0 amide bonds. The van der Waals surface area contributed by atoms with Gasteiger partial charge in [-0.05, 0) is 103 Å². The van der Waals surface area contributed by atoms with Gasteiger partial charge in [-0.25, -0.2) is 4.98 Å². The van der Waals surface area contributed by atoms with Gasteiger partial charge in [-0.1, -0.05) is 105 Å². The molecule has 1 aliphatic rings. The van der Waals surface area contributed by atoms with Crippen LogP contribution in [0.2, 0.25) is 0 Å². The molecular weight excluding hydrogens is 623 g/mol. The quantitative estimate of drug-likeness (QED) is 0.186. The molecule has 6 heteroatoms. The van der Waals surface area contributed by atoms with Gasteiger partial charge in [0.2, 0.25) is 0 Å². The fourth-order valence-corrected chi connectivity index (χ4v) is 7.83. The van der Waals surface area contributed by atoms with Crippen LogP contribution in [0.5, 0.6) is 5.75 Å². The van der Waals surface area contributed by atoms with Gasteiger partial charge in [-0.3, -0.25) is 4.98 Å². The third-order valence-electron chi connectivity index (χ3n) is 10.4. The number of nitrogens with zero attached hydrogens (tertiary/aromatic N) is 4. The lowest BCUT2D eigenvalue weighted by Gasteiger charge is -2.41. The molecule has 7 aromatic rings. The molecule has 5 aromatic carbocycles. The van der Waals surface area contributed by atoms with E-state index >= 15 is 0 Å². The third kappa shape index (κ3) is 5.50. The Labute approximate surface area is 301 Å². The molecule has 0 radical (unpaired) electrons. The van der Waals surface area contributed by atoms with E-state index in [9.17, 15) is 5.11 Å². The number of benzene rings is 5. The molecule has 3 heterocycles. The van der Waals surface area contributed by atoms with Gasteiger partial charge in [0, 0.05) is 29.1 Å². The summed E-state index contributed by atoms with van der Waals surface area (Å²) in [4.78, 5) is 12.8. The molecule has 1 aliphatic heterocycles. The molecule has 2 aromatic heterocycles. The smallest absolute Gasteiger partial charge is 0.418 e. The number of para-hydroxylation sites is 1. The number of phenols is 1. The predicted molar refractivity (Wildman–Crippen MR) is 214 cm³/mol. The highest BCUT2D eigenvalue weighted by molar-refractivity contribution is 6.78. The molecule has 0 fully saturated rings. The number of imidazole rings is 1. The first-order chi connectivity index (χ1) is 24.5. The lowest BCUT2D eigenvalue weighted by atomic mass is 9.59. The summed E-state index contributed by atoms with van der Waals surface area (Å²) >= 11 is 0. The van der Waals surface area contributed by atoms with E-state index < -0.39 is 0 Å². The Kier molecular flexibility index (Phi) is 7.86. The van der Waals surface area contributed by atoms with Crippen molar-refractivity contribution in [2.45, 2.75) is 59.9 Å². The molecule has 5 nitrogen and oxygen atoms in total. The molecule has 0 saturated carbocycles. The molecule has 0 bridgehead atoms. The van der Waals surface area contributed by atoms with E-state index in [1.165, 1.54) is 27.7 Å². The second-order valence-electron chi connectivity index (χ2n) is 15.2. The van der Waals surface area contributed by atoms with E-state index in [-0.39, 0.29) is 24.2 Å². The minimum Gasteiger partial charge on any atom is -0.507 e. The summed E-state index contributed by atoms with van der Waals surface area (Å²) in [6.07, 6.45) is 1.91. The van der Waals surface area contributed by atoms with Gasteiger partial charge in [-0.2, -0.15) is 0 Å². The predicted octanol–water partition coefficient (Wildman–Crippen LogP) is 10.2. The van der Waals surface area contributed by atoms with Crippen molar-refractivity contribution in [1.82, 2.24) is 14.4 Å². The lowest BCUT2D eigenvalue weighted by molar-refractivity contribution is 0.476. The van der Waals surface area contributed by atoms with Gasteiger partial charge in [0.25, 0.3) is 0 Å². The summed E-state index contributed by atoms with van der Waals surface area (Å²) in [5, 5.41) is 11.5. The van der Waals surface area contributed by atoms with Crippen molar-refractivity contribution >= 4 is 29.2 Å². The Morgan fingerprint density at radius 3 is 2.14 bits per heavy atom. The molecule has 8 rings (SSSR count). The summed E-state index contributed by atoms with van der Waals surface area (Å²) in [6.45, 7) is 15.5. The van der Waals surface area contributed by atoms with Crippen LogP contribution in [0.3, 0.4) is 0 Å². The molecule has 0 unspecified atom stereocenters. The average Bonchev–Trinajstić information content (AvgIpc) is 3.51. The van der Waals surface area contributed by atoms with Gasteiger partial charge in [0.1, 0.15) is 11.6 Å². The second kappa shape index (κ2) is 12.3. The van der Waals surface area contributed by atoms with E-state index in [0.29, 0.717) is 0 Å². The summed E-state index contributed by atoms with van der Waals surface area (Å²) in [5.41, 5.74) is 15.0. The SMILES string of the molecule is Cc1cccc(C)c1B1N(C(C)C)c2cccc(O)c2-c2nc3c(-c4cc(-c5cc(-c6ccccc6)ccn5)cc(C(C)(C)C)c4)cccc3n21. The van der Waals surface area contributed by atoms with Crippen LogP contribution in [-0.4, -0.2) is 32.6 Å². The van der Waals surface area contributed by atoms with Crippen LogP contribution in [0.1, 0.15) is 51.3 Å². The molecule has 0 saturated heterocycles. The number of phenolic OH excluding ortho intramolecular Hbond substituents is 1. The van der Waals surface area contributed by atoms with Crippen LogP contribution in [0.4, 0.5) is 5.69 Å². The van der Waals surface area contributed by atoms with Crippen molar-refractivity contribution < 1.29 is 5.11 Å². The van der Waals surface area contributed by atoms with Crippen molar-refractivity contribution in [3.63, 3.8) is 0 Å². The van der Waals surface area contributed by atoms with E-state index in [0.717, 1.165) is 56.1 Å². The van der Waals surface area contributed by atoms with E-state index in [1.807, 2.05) is 18.3 Å². The highest BCUT2D eigenvalue weighted by atomic mass is 16.3. The van der Waals surface area contributed by atoms with Crippen molar-refractivity contribution in [3.8, 4) is 50.6 Å². The maximum atomic E-state index is 11.5. The molecule has 1 N–H and O–H groups in total. The maximum Gasteiger partial charge on any atom is 0.418 e. The number of aromatic nitrogens is 3. The Bertz CT molecular complexity index is 2420. The number of aryl methyl sites for hydroxylation is 2. The van der Waals surface area contributed by atoms with Gasteiger partial charge < -0.3 is 14.4 Å². The third-order valence-corrected chi connectivity index (χ3v) is 10.4. The number of aromatic hydroxyl groups is 1. The van der Waals surface area contributed by atoms with Crippen LogP contribution in [0.15, 0.2) is 121 Å². The van der Waals surface area contributed by atoms with Gasteiger partial charge in [0.05, 0.1) is 22.3 Å². The molecule has 0 aliphatic carbocycles. The molecule has 252 valence electrons. The Morgan fingerprint density at radius 1 is 0.706 bits per heavy atom. The molecule has 51 heavy (non-hydrogen) atoms. The van der Waals surface area contributed by atoms with Crippen LogP contribution < -0.4 is 10.3 Å². The normalized spacial score (nSPS) is 12.8. The monoisotopic (exact) mass is 666 g/mol. The van der Waals surface area contributed by atoms with Gasteiger partial charge in [0.15, 0.2) is 0 Å². The maximum absolute atomic E-state index is 11.5. The van der Waals surface area contributed by atoms with E-state index in [1.54, 1.807) is 6.07 Å². The van der Waals surface area contributed by atoms with Gasteiger partial charge in [-0.15, -0.1) is 0 Å². The minimum atomic E-state index is -0.155. The summed E-state index contributed by atoms with van der Waals surface area (Å²) in [7, 11) is 0. The van der Waals surface area contributed by atoms with Crippen LogP contribution in [-0.2, 0) is 5.41 Å². The Morgan fingerprint density at radius 2 is 1.41 bits per heavy atom. The van der Waals surface area contributed by atoms with Crippen molar-refractivity contribution in [1.29, 1.82) is 0 Å². The zero-order valence-corrected chi connectivity index (χ0v) is 30.4. The number of hydrogen-bond acceptors (Lipinski definition) is 4. The minimum absolute atomic E-state index is 0.0981. The Hall–Kier alpha value is -5.62. The lowest BCUT2D eigenvalue weighted by Crippen LogP contribution is -2.60. The van der Waals surface area contributed by atoms with Gasteiger partial charge >= 0.3 is 6.98 Å². The fraction of sp³-hybridized carbons (Fsp3) is 0.200. The van der Waals surface area contributed by atoms with E-state index in [2.05, 4.69) is 155 Å². The molecule has 0 spiro atoms. The Balaban J connectivity index is 1.40. The average molecular weight is 667 g/mol. The topological polar surface area (TPSA) is 54.2 Å². The first-order valence-electron chi connectivity index (χ1n) is 17.9. The van der Waals surface area contributed by atoms with Crippen molar-refractivity contribution in [2.24, 2.45) is 0 Å². The second-order valence-corrected chi connectivity index (χ2v) is 15.2. The number of rotatable bonds is 5. The molecular formula is C45H43BN4O. The summed E-state index contributed by atoms with van der Waals surface area (Å²) < 4.78 is 2.36. The number of fused-ring (bicyclic) bond motifs is 5. The largest absolute Gasteiger partial charge is 0.507 e. The fourth-order valence-electron chi connectivity index (χ4n) is 7.83. The van der Waals surface area contributed by atoms with Crippen LogP contribution in [0, 0.1) is 13.8 Å². The van der Waals surface area contributed by atoms with Crippen molar-refractivity contribution in [3.05, 3.63) is 138 Å².